The smallest absolute Gasteiger partial charge is 0.0628 e. The molecule has 3 rings (SSSR count). The minimum atomic E-state index is -0.0478. The Labute approximate surface area is 117 Å². The number of rotatable bonds is 5. The zero-order valence-corrected chi connectivity index (χ0v) is 12.3. The van der Waals surface area contributed by atoms with E-state index in [0.717, 1.165) is 12.6 Å². The summed E-state index contributed by atoms with van der Waals surface area (Å²) in [6, 6.07) is 0.773. The van der Waals surface area contributed by atoms with E-state index in [9.17, 15) is 5.11 Å². The molecule has 2 unspecified atom stereocenters. The molecule has 1 saturated carbocycles. The second-order valence-electron chi connectivity index (χ2n) is 6.76. The molecule has 2 N–H and O–H groups in total. The molecule has 3 fully saturated rings. The van der Waals surface area contributed by atoms with Gasteiger partial charge in [0.1, 0.15) is 0 Å². The first-order valence-corrected chi connectivity index (χ1v) is 8.03. The van der Waals surface area contributed by atoms with Gasteiger partial charge in [-0.1, -0.05) is 0 Å². The second kappa shape index (κ2) is 5.68. The molecule has 4 heteroatoms. The van der Waals surface area contributed by atoms with Gasteiger partial charge >= 0.3 is 0 Å². The van der Waals surface area contributed by atoms with Crippen molar-refractivity contribution < 1.29 is 5.11 Å². The van der Waals surface area contributed by atoms with Crippen molar-refractivity contribution in [1.82, 2.24) is 15.1 Å². The topological polar surface area (TPSA) is 38.7 Å². The summed E-state index contributed by atoms with van der Waals surface area (Å²) in [5, 5.41) is 13.3. The van der Waals surface area contributed by atoms with E-state index in [1.165, 1.54) is 58.3 Å². The van der Waals surface area contributed by atoms with Crippen molar-refractivity contribution in [3.05, 3.63) is 0 Å². The third kappa shape index (κ3) is 2.82. The molecule has 19 heavy (non-hydrogen) atoms. The molecular weight excluding hydrogens is 238 g/mol. The van der Waals surface area contributed by atoms with Crippen LogP contribution in [0.25, 0.3) is 0 Å². The van der Waals surface area contributed by atoms with E-state index in [1.54, 1.807) is 0 Å². The molecule has 2 heterocycles. The molecule has 0 aromatic rings. The van der Waals surface area contributed by atoms with Gasteiger partial charge in [-0.15, -0.1) is 0 Å². The van der Waals surface area contributed by atoms with E-state index < -0.39 is 0 Å². The lowest BCUT2D eigenvalue weighted by Gasteiger charge is -2.38. The summed E-state index contributed by atoms with van der Waals surface area (Å²) in [4.78, 5) is 5.29. The molecule has 110 valence electrons. The van der Waals surface area contributed by atoms with Gasteiger partial charge < -0.3 is 10.4 Å². The third-order valence-corrected chi connectivity index (χ3v) is 5.53. The van der Waals surface area contributed by atoms with E-state index in [-0.39, 0.29) is 12.1 Å². The Hall–Kier alpha value is -0.160. The van der Waals surface area contributed by atoms with E-state index in [1.807, 2.05) is 7.05 Å². The van der Waals surface area contributed by atoms with Crippen molar-refractivity contribution in [1.29, 1.82) is 0 Å². The van der Waals surface area contributed by atoms with Gasteiger partial charge in [-0.2, -0.15) is 0 Å². The predicted molar refractivity (Wildman–Crippen MR) is 77.3 cm³/mol. The summed E-state index contributed by atoms with van der Waals surface area (Å²) in [6.07, 6.45) is 6.59. The predicted octanol–water partition coefficient (Wildman–Crippen LogP) is 0.517. The van der Waals surface area contributed by atoms with Crippen LogP contribution in [0.15, 0.2) is 0 Å². The highest BCUT2D eigenvalue weighted by atomic mass is 16.3. The van der Waals surface area contributed by atoms with E-state index >= 15 is 0 Å². The number of aliphatic hydroxyl groups excluding tert-OH is 1. The maximum absolute atomic E-state index is 9.88. The van der Waals surface area contributed by atoms with Crippen molar-refractivity contribution in [2.45, 2.75) is 43.7 Å². The summed E-state index contributed by atoms with van der Waals surface area (Å²) < 4.78 is 0. The van der Waals surface area contributed by atoms with Crippen LogP contribution in [0.1, 0.15) is 32.1 Å². The molecule has 0 bridgehead atoms. The fourth-order valence-corrected chi connectivity index (χ4v) is 4.13. The van der Waals surface area contributed by atoms with Crippen molar-refractivity contribution >= 4 is 0 Å². The number of aliphatic hydroxyl groups is 1. The first-order chi connectivity index (χ1) is 9.27. The molecular formula is C15H29N3O. The molecule has 4 nitrogen and oxygen atoms in total. The molecule has 2 atom stereocenters. The van der Waals surface area contributed by atoms with E-state index in [0.29, 0.717) is 5.92 Å². The van der Waals surface area contributed by atoms with Gasteiger partial charge in [0.05, 0.1) is 12.1 Å². The van der Waals surface area contributed by atoms with Crippen LogP contribution >= 0.6 is 0 Å². The summed E-state index contributed by atoms with van der Waals surface area (Å²) in [7, 11) is 2.02. The lowest BCUT2D eigenvalue weighted by molar-refractivity contribution is 0.0926. The van der Waals surface area contributed by atoms with Crippen LogP contribution in [-0.4, -0.2) is 72.9 Å². The molecule has 0 amide bonds. The number of likely N-dealkylation sites (N-methyl/N-ethyl adjacent to an activating group) is 1. The van der Waals surface area contributed by atoms with Gasteiger partial charge in [-0.05, 0) is 64.7 Å². The normalized spacial score (nSPS) is 32.8. The standard InChI is InChI=1S/C15H29N3O/c1-16-15(12-19,13-5-6-13)11-17-7-3-9-18-8-2-4-14(18)10-17/h13-14,16,19H,2-12H2,1H3. The Morgan fingerprint density at radius 2 is 1.95 bits per heavy atom. The molecule has 2 saturated heterocycles. The molecule has 1 aliphatic carbocycles. The van der Waals surface area contributed by atoms with Gasteiger partial charge in [-0.3, -0.25) is 9.80 Å². The first-order valence-electron chi connectivity index (χ1n) is 8.03. The van der Waals surface area contributed by atoms with Crippen LogP contribution in [0.5, 0.6) is 0 Å². The van der Waals surface area contributed by atoms with Crippen molar-refractivity contribution in [3.8, 4) is 0 Å². The molecule has 0 aromatic heterocycles. The lowest BCUT2D eigenvalue weighted by atomic mass is 9.93. The number of hydrogen-bond donors (Lipinski definition) is 2. The van der Waals surface area contributed by atoms with Gasteiger partial charge in [0.2, 0.25) is 0 Å². The monoisotopic (exact) mass is 267 g/mol. The zero-order chi connectivity index (χ0) is 13.3. The minimum absolute atomic E-state index is 0.0478. The van der Waals surface area contributed by atoms with Gasteiger partial charge in [0, 0.05) is 19.1 Å². The quantitative estimate of drug-likeness (QED) is 0.762. The average molecular weight is 267 g/mol. The largest absolute Gasteiger partial charge is 0.394 e. The summed E-state index contributed by atoms with van der Waals surface area (Å²) in [5.41, 5.74) is -0.0478. The highest BCUT2D eigenvalue weighted by Gasteiger charge is 2.45. The second-order valence-corrected chi connectivity index (χ2v) is 6.76. The molecule has 0 aromatic carbocycles. The lowest BCUT2D eigenvalue weighted by Crippen LogP contribution is -2.57. The number of fused-ring (bicyclic) bond motifs is 1. The van der Waals surface area contributed by atoms with Crippen LogP contribution in [0.2, 0.25) is 0 Å². The van der Waals surface area contributed by atoms with Crippen LogP contribution in [0.4, 0.5) is 0 Å². The molecule has 2 aliphatic heterocycles. The Kier molecular flexibility index (Phi) is 4.13. The fraction of sp³-hybridized carbons (Fsp3) is 1.00. The van der Waals surface area contributed by atoms with Crippen molar-refractivity contribution in [2.24, 2.45) is 5.92 Å². The van der Waals surface area contributed by atoms with Crippen LogP contribution in [0, 0.1) is 5.92 Å². The van der Waals surface area contributed by atoms with E-state index in [2.05, 4.69) is 15.1 Å². The minimum Gasteiger partial charge on any atom is -0.394 e. The summed E-state index contributed by atoms with van der Waals surface area (Å²) in [6.45, 7) is 6.28. The van der Waals surface area contributed by atoms with Gasteiger partial charge in [0.25, 0.3) is 0 Å². The van der Waals surface area contributed by atoms with Crippen molar-refractivity contribution in [3.63, 3.8) is 0 Å². The highest BCUT2D eigenvalue weighted by Crippen LogP contribution is 2.40. The SMILES string of the molecule is CNC(CO)(CN1CCCN2CCCC2C1)C1CC1. The first kappa shape index (κ1) is 13.8. The molecule has 0 spiro atoms. The van der Waals surface area contributed by atoms with Gasteiger partial charge in [0.15, 0.2) is 0 Å². The highest BCUT2D eigenvalue weighted by molar-refractivity contribution is 5.03. The third-order valence-electron chi connectivity index (χ3n) is 5.53. The van der Waals surface area contributed by atoms with Gasteiger partial charge in [-0.25, -0.2) is 0 Å². The average Bonchev–Trinajstić information content (AvgIpc) is 3.22. The Morgan fingerprint density at radius 1 is 1.16 bits per heavy atom. The van der Waals surface area contributed by atoms with Crippen LogP contribution in [0.3, 0.4) is 0 Å². The summed E-state index contributed by atoms with van der Waals surface area (Å²) >= 11 is 0. The van der Waals surface area contributed by atoms with E-state index in [4.69, 9.17) is 0 Å². The maximum atomic E-state index is 9.88. The maximum Gasteiger partial charge on any atom is 0.0628 e. The van der Waals surface area contributed by atoms with Crippen LogP contribution in [-0.2, 0) is 0 Å². The number of hydrogen-bond acceptors (Lipinski definition) is 4. The molecule has 0 radical (unpaired) electrons. The molecule has 3 aliphatic rings. The Bertz CT molecular complexity index is 302. The zero-order valence-electron chi connectivity index (χ0n) is 12.3. The number of nitrogens with one attached hydrogen (secondary N) is 1. The Balaban J connectivity index is 1.64. The fourth-order valence-electron chi connectivity index (χ4n) is 4.13. The Morgan fingerprint density at radius 3 is 2.63 bits per heavy atom. The number of nitrogens with zero attached hydrogens (tertiary/aromatic N) is 2. The summed E-state index contributed by atoms with van der Waals surface area (Å²) in [5.74, 6) is 0.686. The van der Waals surface area contributed by atoms with Crippen molar-refractivity contribution in [2.75, 3.05) is 46.4 Å². The van der Waals surface area contributed by atoms with Crippen LogP contribution < -0.4 is 5.32 Å².